The van der Waals surface area contributed by atoms with Gasteiger partial charge in [0.2, 0.25) is 0 Å². The number of carbonyl (C=O) groups excluding carboxylic acids is 1. The highest BCUT2D eigenvalue weighted by Gasteiger charge is 2.18. The highest BCUT2D eigenvalue weighted by Crippen LogP contribution is 2.32. The van der Waals surface area contributed by atoms with Gasteiger partial charge < -0.3 is 20.1 Å². The molecule has 0 saturated carbocycles. The average Bonchev–Trinajstić information content (AvgIpc) is 2.80. The molecule has 7 nitrogen and oxygen atoms in total. The summed E-state index contributed by atoms with van der Waals surface area (Å²) in [5.41, 5.74) is 3.50. The van der Waals surface area contributed by atoms with Crippen LogP contribution in [0.4, 0.5) is 11.4 Å². The number of anilines is 2. The van der Waals surface area contributed by atoms with Gasteiger partial charge in [0.05, 0.1) is 5.69 Å². The minimum absolute atomic E-state index is 0.176. The fourth-order valence-electron chi connectivity index (χ4n) is 4.28. The first-order valence-electron chi connectivity index (χ1n) is 10.7. The number of amides is 1. The number of rotatable bonds is 3. The van der Waals surface area contributed by atoms with E-state index in [0.717, 1.165) is 48.2 Å². The summed E-state index contributed by atoms with van der Waals surface area (Å²) >= 11 is 0. The Morgan fingerprint density at radius 2 is 1.81 bits per heavy atom. The highest BCUT2D eigenvalue weighted by molar-refractivity contribution is 6.11. The molecule has 32 heavy (non-hydrogen) atoms. The van der Waals surface area contributed by atoms with Crippen LogP contribution in [0.5, 0.6) is 0 Å². The number of aryl methyl sites for hydroxylation is 1. The maximum Gasteiger partial charge on any atom is 0.272 e. The number of aromatic nitrogens is 2. The van der Waals surface area contributed by atoms with Gasteiger partial charge in [0.15, 0.2) is 5.43 Å². The van der Waals surface area contributed by atoms with Gasteiger partial charge in [-0.15, -0.1) is 0 Å². The zero-order chi connectivity index (χ0) is 22.2. The molecule has 0 radical (unpaired) electrons. The second-order valence-electron chi connectivity index (χ2n) is 8.39. The summed E-state index contributed by atoms with van der Waals surface area (Å²) in [6.07, 6.45) is 3.55. The molecule has 7 heteroatoms. The summed E-state index contributed by atoms with van der Waals surface area (Å²) in [7, 11) is 2.14. The first-order chi connectivity index (χ1) is 15.5. The molecular formula is C25H25N5O2. The van der Waals surface area contributed by atoms with Crippen LogP contribution < -0.4 is 15.6 Å². The van der Waals surface area contributed by atoms with Gasteiger partial charge in [-0.05, 0) is 44.3 Å². The standard InChI is InChI=1S/C25H25N5O2/c1-16-3-4-20-18(13-16)24(31)14-22(27-20)25(32)28-21-5-6-23(17-7-8-26-15-19(17)21)30-11-9-29(2)10-12-30/h3-8,13-15H,9-12H2,1-2H3,(H,27,31)(H,28,32). The molecule has 3 heterocycles. The van der Waals surface area contributed by atoms with Crippen molar-refractivity contribution in [3.63, 3.8) is 0 Å². The van der Waals surface area contributed by atoms with Crippen molar-refractivity contribution in [3.05, 3.63) is 76.3 Å². The van der Waals surface area contributed by atoms with Gasteiger partial charge in [-0.3, -0.25) is 14.6 Å². The molecule has 0 unspecified atom stereocenters. The molecule has 162 valence electrons. The number of hydrogen-bond donors (Lipinski definition) is 2. The van der Waals surface area contributed by atoms with Crippen LogP contribution in [0, 0.1) is 6.92 Å². The fourth-order valence-corrected chi connectivity index (χ4v) is 4.28. The van der Waals surface area contributed by atoms with E-state index in [4.69, 9.17) is 0 Å². The van der Waals surface area contributed by atoms with Crippen molar-refractivity contribution in [1.29, 1.82) is 0 Å². The van der Waals surface area contributed by atoms with Crippen molar-refractivity contribution >= 4 is 39.0 Å². The molecule has 2 aromatic heterocycles. The molecule has 1 saturated heterocycles. The normalized spacial score (nSPS) is 14.8. The highest BCUT2D eigenvalue weighted by atomic mass is 16.2. The topological polar surface area (TPSA) is 81.3 Å². The largest absolute Gasteiger partial charge is 0.368 e. The maximum absolute atomic E-state index is 13.0. The summed E-state index contributed by atoms with van der Waals surface area (Å²) in [6, 6.07) is 12.9. The molecular weight excluding hydrogens is 402 g/mol. The first-order valence-corrected chi connectivity index (χ1v) is 10.7. The summed E-state index contributed by atoms with van der Waals surface area (Å²) in [6.45, 7) is 5.87. The van der Waals surface area contributed by atoms with Crippen molar-refractivity contribution < 1.29 is 4.79 Å². The van der Waals surface area contributed by atoms with Crippen LogP contribution in [0.25, 0.3) is 21.7 Å². The summed E-state index contributed by atoms with van der Waals surface area (Å²) < 4.78 is 0. The van der Waals surface area contributed by atoms with E-state index in [1.807, 2.05) is 37.3 Å². The Morgan fingerprint density at radius 1 is 1.00 bits per heavy atom. The molecule has 0 bridgehead atoms. The molecule has 2 N–H and O–H groups in total. The van der Waals surface area contributed by atoms with Crippen LogP contribution in [0.2, 0.25) is 0 Å². The molecule has 1 fully saturated rings. The third-order valence-corrected chi connectivity index (χ3v) is 6.12. The first kappa shape index (κ1) is 20.2. The Morgan fingerprint density at radius 3 is 2.62 bits per heavy atom. The predicted molar refractivity (Wildman–Crippen MR) is 129 cm³/mol. The van der Waals surface area contributed by atoms with Crippen LogP contribution in [0.3, 0.4) is 0 Å². The lowest BCUT2D eigenvalue weighted by Gasteiger charge is -2.34. The van der Waals surface area contributed by atoms with E-state index in [0.29, 0.717) is 16.6 Å². The van der Waals surface area contributed by atoms with Crippen LogP contribution in [-0.4, -0.2) is 54.0 Å². The van der Waals surface area contributed by atoms with Crippen molar-refractivity contribution in [2.24, 2.45) is 0 Å². The van der Waals surface area contributed by atoms with E-state index in [1.165, 1.54) is 6.07 Å². The minimum atomic E-state index is -0.359. The van der Waals surface area contributed by atoms with Crippen molar-refractivity contribution in [1.82, 2.24) is 14.9 Å². The number of fused-ring (bicyclic) bond motifs is 2. The van der Waals surface area contributed by atoms with E-state index < -0.39 is 0 Å². The van der Waals surface area contributed by atoms with Crippen LogP contribution in [0.1, 0.15) is 16.1 Å². The summed E-state index contributed by atoms with van der Waals surface area (Å²) in [5, 5.41) is 5.46. The van der Waals surface area contributed by atoms with Gasteiger partial charge in [-0.1, -0.05) is 11.6 Å². The SMILES string of the molecule is Cc1ccc2[nH]c(C(=O)Nc3ccc(N4CCN(C)CC4)c4ccncc34)cc(=O)c2c1. The summed E-state index contributed by atoms with van der Waals surface area (Å²) in [4.78, 5) is 37.6. The third kappa shape index (κ3) is 3.71. The van der Waals surface area contributed by atoms with Gasteiger partial charge in [0, 0.05) is 72.0 Å². The molecule has 0 spiro atoms. The van der Waals surface area contributed by atoms with E-state index in [9.17, 15) is 9.59 Å². The molecule has 1 aliphatic rings. The molecule has 1 amide bonds. The number of likely N-dealkylation sites (N-methyl/N-ethyl adjacent to an activating group) is 1. The Balaban J connectivity index is 1.49. The zero-order valence-electron chi connectivity index (χ0n) is 18.2. The maximum atomic E-state index is 13.0. The Bertz CT molecular complexity index is 1390. The van der Waals surface area contributed by atoms with Gasteiger partial charge in [0.25, 0.3) is 5.91 Å². The molecule has 4 aromatic rings. The van der Waals surface area contributed by atoms with Crippen molar-refractivity contribution in [2.45, 2.75) is 6.92 Å². The van der Waals surface area contributed by atoms with E-state index >= 15 is 0 Å². The lowest BCUT2D eigenvalue weighted by Crippen LogP contribution is -2.44. The number of piperazine rings is 1. The second-order valence-corrected chi connectivity index (χ2v) is 8.39. The summed E-state index contributed by atoms with van der Waals surface area (Å²) in [5.74, 6) is -0.359. The zero-order valence-corrected chi connectivity index (χ0v) is 18.2. The van der Waals surface area contributed by atoms with Gasteiger partial charge in [0.1, 0.15) is 5.69 Å². The van der Waals surface area contributed by atoms with E-state index in [-0.39, 0.29) is 17.0 Å². The van der Waals surface area contributed by atoms with Crippen LogP contribution in [-0.2, 0) is 0 Å². The minimum Gasteiger partial charge on any atom is -0.368 e. The molecule has 0 atom stereocenters. The van der Waals surface area contributed by atoms with E-state index in [1.54, 1.807) is 12.4 Å². The van der Waals surface area contributed by atoms with E-state index in [2.05, 4.69) is 38.2 Å². The Hall–Kier alpha value is -3.71. The number of benzene rings is 2. The molecule has 5 rings (SSSR count). The van der Waals surface area contributed by atoms with Gasteiger partial charge in [-0.25, -0.2) is 0 Å². The second kappa shape index (κ2) is 8.09. The number of carbonyl (C=O) groups is 1. The predicted octanol–water partition coefficient (Wildman–Crippen LogP) is 3.39. The lowest BCUT2D eigenvalue weighted by molar-refractivity contribution is 0.102. The number of H-pyrrole nitrogens is 1. The van der Waals surface area contributed by atoms with Crippen LogP contribution in [0.15, 0.2) is 59.7 Å². The average molecular weight is 428 g/mol. The molecule has 2 aromatic carbocycles. The quantitative estimate of drug-likeness (QED) is 0.524. The Labute approximate surface area is 185 Å². The molecule has 0 aliphatic carbocycles. The lowest BCUT2D eigenvalue weighted by atomic mass is 10.1. The van der Waals surface area contributed by atoms with Crippen LogP contribution >= 0.6 is 0 Å². The smallest absolute Gasteiger partial charge is 0.272 e. The fraction of sp³-hybridized carbons (Fsp3) is 0.240. The number of pyridine rings is 2. The van der Waals surface area contributed by atoms with Gasteiger partial charge in [-0.2, -0.15) is 0 Å². The number of hydrogen-bond acceptors (Lipinski definition) is 5. The Kier molecular flexibility index (Phi) is 5.11. The number of aromatic amines is 1. The monoisotopic (exact) mass is 427 g/mol. The van der Waals surface area contributed by atoms with Gasteiger partial charge >= 0.3 is 0 Å². The third-order valence-electron chi connectivity index (χ3n) is 6.12. The van der Waals surface area contributed by atoms with Crippen molar-refractivity contribution in [3.8, 4) is 0 Å². The number of nitrogens with zero attached hydrogens (tertiary/aromatic N) is 3. The molecule has 1 aliphatic heterocycles. The van der Waals surface area contributed by atoms with Crippen molar-refractivity contribution in [2.75, 3.05) is 43.4 Å². The number of nitrogens with one attached hydrogen (secondary N) is 2.